The average molecular weight is 560 g/mol. The zero-order valence-electron chi connectivity index (χ0n) is 21.8. The summed E-state index contributed by atoms with van der Waals surface area (Å²) in [5, 5.41) is 0.605. The van der Waals surface area contributed by atoms with Gasteiger partial charge in [-0.25, -0.2) is 0 Å². The minimum Gasteiger partial charge on any atom is -0.497 e. The Balaban J connectivity index is 0.00000400. The standard InChI is InChI=1S/C30H35ClN2O4.ClH/c1-35-28-12-13-29(37-19-5-15-32-17-20-36-21-18-32)26(22-28)23-33(16-14-24-6-3-2-4-7-24)30(34)25-8-10-27(31)11-9-25;/h2-4,6-13,22H,5,14-21,23H2,1H3;1H. The van der Waals surface area contributed by atoms with Crippen LogP contribution in [-0.2, 0) is 17.7 Å². The molecule has 0 spiro atoms. The number of halogens is 2. The number of methoxy groups -OCH3 is 1. The number of amides is 1. The predicted molar refractivity (Wildman–Crippen MR) is 154 cm³/mol. The molecule has 0 N–H and O–H groups in total. The van der Waals surface area contributed by atoms with Crippen LogP contribution in [0.1, 0.15) is 27.9 Å². The van der Waals surface area contributed by atoms with E-state index in [4.69, 9.17) is 25.8 Å². The van der Waals surface area contributed by atoms with Crippen LogP contribution in [0.2, 0.25) is 5.02 Å². The van der Waals surface area contributed by atoms with Gasteiger partial charge in [-0.05, 0) is 60.9 Å². The van der Waals surface area contributed by atoms with Gasteiger partial charge in [-0.15, -0.1) is 12.4 Å². The quantitative estimate of drug-likeness (QED) is 0.264. The molecule has 0 radical (unpaired) electrons. The summed E-state index contributed by atoms with van der Waals surface area (Å²) in [6.45, 7) is 6.09. The van der Waals surface area contributed by atoms with Crippen LogP contribution in [0, 0.1) is 0 Å². The summed E-state index contributed by atoms with van der Waals surface area (Å²) in [6.07, 6.45) is 1.67. The van der Waals surface area contributed by atoms with Gasteiger partial charge < -0.3 is 19.1 Å². The van der Waals surface area contributed by atoms with Crippen molar-refractivity contribution in [2.45, 2.75) is 19.4 Å². The maximum Gasteiger partial charge on any atom is 0.254 e. The first-order valence-electron chi connectivity index (χ1n) is 12.8. The second kappa shape index (κ2) is 15.6. The number of ether oxygens (including phenoxy) is 3. The third-order valence-electron chi connectivity index (χ3n) is 6.50. The van der Waals surface area contributed by atoms with Crippen molar-refractivity contribution in [2.24, 2.45) is 0 Å². The zero-order valence-corrected chi connectivity index (χ0v) is 23.4. The number of benzene rings is 3. The number of hydrogen-bond acceptors (Lipinski definition) is 5. The molecule has 0 aliphatic carbocycles. The van der Waals surface area contributed by atoms with E-state index >= 15 is 0 Å². The molecule has 8 heteroatoms. The Morgan fingerprint density at radius 3 is 2.47 bits per heavy atom. The largest absolute Gasteiger partial charge is 0.497 e. The minimum atomic E-state index is -0.0475. The monoisotopic (exact) mass is 558 g/mol. The van der Waals surface area contributed by atoms with Gasteiger partial charge in [0, 0.05) is 48.9 Å². The summed E-state index contributed by atoms with van der Waals surface area (Å²) >= 11 is 6.07. The average Bonchev–Trinajstić information content (AvgIpc) is 2.95. The van der Waals surface area contributed by atoms with Gasteiger partial charge in [0.25, 0.3) is 5.91 Å². The highest BCUT2D eigenvalue weighted by atomic mass is 35.5. The van der Waals surface area contributed by atoms with E-state index in [1.54, 1.807) is 31.4 Å². The van der Waals surface area contributed by atoms with Crippen molar-refractivity contribution < 1.29 is 19.0 Å². The van der Waals surface area contributed by atoms with Gasteiger partial charge in [-0.3, -0.25) is 9.69 Å². The van der Waals surface area contributed by atoms with Crippen molar-refractivity contribution >= 4 is 29.9 Å². The minimum absolute atomic E-state index is 0. The van der Waals surface area contributed by atoms with Crippen LogP contribution in [0.3, 0.4) is 0 Å². The van der Waals surface area contributed by atoms with Gasteiger partial charge in [0.2, 0.25) is 0 Å². The number of carbonyl (C=O) groups is 1. The molecule has 1 heterocycles. The predicted octanol–water partition coefficient (Wildman–Crippen LogP) is 5.76. The smallest absolute Gasteiger partial charge is 0.254 e. The fourth-order valence-corrected chi connectivity index (χ4v) is 4.51. The van der Waals surface area contributed by atoms with E-state index in [9.17, 15) is 4.79 Å². The van der Waals surface area contributed by atoms with Crippen LogP contribution in [0.15, 0.2) is 72.8 Å². The van der Waals surface area contributed by atoms with Gasteiger partial charge in [-0.1, -0.05) is 41.9 Å². The fourth-order valence-electron chi connectivity index (χ4n) is 4.38. The lowest BCUT2D eigenvalue weighted by Crippen LogP contribution is -2.37. The van der Waals surface area contributed by atoms with Gasteiger partial charge in [0.05, 0.1) is 26.9 Å². The van der Waals surface area contributed by atoms with Crippen molar-refractivity contribution in [3.05, 3.63) is 94.5 Å². The Labute approximate surface area is 236 Å². The highest BCUT2D eigenvalue weighted by Gasteiger charge is 2.19. The number of hydrogen-bond donors (Lipinski definition) is 0. The molecular formula is C30H36Cl2N2O4. The summed E-state index contributed by atoms with van der Waals surface area (Å²) in [5.74, 6) is 1.46. The number of nitrogens with zero attached hydrogens (tertiary/aromatic N) is 2. The molecule has 3 aromatic rings. The summed E-state index contributed by atoms with van der Waals surface area (Å²) < 4.78 is 17.1. The Bertz CT molecular complexity index is 1120. The van der Waals surface area contributed by atoms with Crippen molar-refractivity contribution in [3.8, 4) is 11.5 Å². The topological polar surface area (TPSA) is 51.2 Å². The molecule has 4 rings (SSSR count). The summed E-state index contributed by atoms with van der Waals surface area (Å²) in [7, 11) is 1.65. The third-order valence-corrected chi connectivity index (χ3v) is 6.75. The van der Waals surface area contributed by atoms with E-state index in [1.165, 1.54) is 5.56 Å². The van der Waals surface area contributed by atoms with Gasteiger partial charge in [0.1, 0.15) is 11.5 Å². The van der Waals surface area contributed by atoms with E-state index in [0.717, 1.165) is 62.8 Å². The Hall–Kier alpha value is -2.77. The maximum absolute atomic E-state index is 13.6. The SMILES string of the molecule is COc1ccc(OCCCN2CCOCC2)c(CN(CCc2ccccc2)C(=O)c2ccc(Cl)cc2)c1.Cl. The molecule has 38 heavy (non-hydrogen) atoms. The lowest BCUT2D eigenvalue weighted by molar-refractivity contribution is 0.0357. The van der Waals surface area contributed by atoms with Gasteiger partial charge in [0.15, 0.2) is 0 Å². The molecule has 1 aliphatic rings. The van der Waals surface area contributed by atoms with Crippen LogP contribution >= 0.6 is 24.0 Å². The van der Waals surface area contributed by atoms with E-state index in [1.807, 2.05) is 41.3 Å². The van der Waals surface area contributed by atoms with Crippen molar-refractivity contribution in [2.75, 3.05) is 53.1 Å². The molecule has 6 nitrogen and oxygen atoms in total. The Morgan fingerprint density at radius 1 is 1.03 bits per heavy atom. The first-order chi connectivity index (χ1) is 18.1. The fraction of sp³-hybridized carbons (Fsp3) is 0.367. The number of morpholine rings is 1. The van der Waals surface area contributed by atoms with Crippen LogP contribution in [-0.4, -0.2) is 68.8 Å². The van der Waals surface area contributed by atoms with Crippen molar-refractivity contribution in [3.63, 3.8) is 0 Å². The number of rotatable bonds is 12. The molecule has 0 atom stereocenters. The van der Waals surface area contributed by atoms with E-state index in [0.29, 0.717) is 30.3 Å². The molecule has 1 saturated heterocycles. The maximum atomic E-state index is 13.6. The lowest BCUT2D eigenvalue weighted by Gasteiger charge is -2.27. The molecule has 0 aromatic heterocycles. The highest BCUT2D eigenvalue weighted by molar-refractivity contribution is 6.30. The molecule has 0 saturated carbocycles. The summed E-state index contributed by atoms with van der Waals surface area (Å²) in [5.41, 5.74) is 2.70. The molecule has 1 fully saturated rings. The second-order valence-electron chi connectivity index (χ2n) is 9.10. The molecular weight excluding hydrogens is 523 g/mol. The molecule has 1 aliphatic heterocycles. The molecule has 0 unspecified atom stereocenters. The summed E-state index contributed by atoms with van der Waals surface area (Å²) in [6, 6.07) is 23.0. The molecule has 1 amide bonds. The van der Waals surface area contributed by atoms with Gasteiger partial charge >= 0.3 is 0 Å². The van der Waals surface area contributed by atoms with Crippen molar-refractivity contribution in [1.29, 1.82) is 0 Å². The van der Waals surface area contributed by atoms with Crippen LogP contribution in [0.5, 0.6) is 11.5 Å². The van der Waals surface area contributed by atoms with Crippen LogP contribution < -0.4 is 9.47 Å². The molecule has 0 bridgehead atoms. The lowest BCUT2D eigenvalue weighted by atomic mass is 10.1. The second-order valence-corrected chi connectivity index (χ2v) is 9.54. The van der Waals surface area contributed by atoms with Crippen LogP contribution in [0.4, 0.5) is 0 Å². The zero-order chi connectivity index (χ0) is 25.9. The summed E-state index contributed by atoms with van der Waals surface area (Å²) in [4.78, 5) is 17.8. The highest BCUT2D eigenvalue weighted by Crippen LogP contribution is 2.27. The Kier molecular flexibility index (Phi) is 12.2. The normalized spacial score (nSPS) is 13.4. The van der Waals surface area contributed by atoms with Crippen LogP contribution in [0.25, 0.3) is 0 Å². The molecule has 204 valence electrons. The number of carbonyl (C=O) groups excluding carboxylic acids is 1. The van der Waals surface area contributed by atoms with E-state index in [2.05, 4.69) is 17.0 Å². The van der Waals surface area contributed by atoms with Crippen molar-refractivity contribution in [1.82, 2.24) is 9.80 Å². The van der Waals surface area contributed by atoms with E-state index in [-0.39, 0.29) is 18.3 Å². The molecule has 3 aromatic carbocycles. The van der Waals surface area contributed by atoms with E-state index < -0.39 is 0 Å². The first-order valence-corrected chi connectivity index (χ1v) is 13.2. The third kappa shape index (κ3) is 8.91. The van der Waals surface area contributed by atoms with Gasteiger partial charge in [-0.2, -0.15) is 0 Å². The first kappa shape index (κ1) is 29.8. The Morgan fingerprint density at radius 2 is 1.76 bits per heavy atom.